The fourth-order valence-electron chi connectivity index (χ4n) is 3.08. The zero-order chi connectivity index (χ0) is 14.5. The second kappa shape index (κ2) is 7.19. The Morgan fingerprint density at radius 3 is 2.50 bits per heavy atom. The molecule has 0 spiro atoms. The van der Waals surface area contributed by atoms with Gasteiger partial charge in [0.2, 0.25) is 0 Å². The van der Waals surface area contributed by atoms with Gasteiger partial charge < -0.3 is 5.73 Å². The van der Waals surface area contributed by atoms with Gasteiger partial charge in [0, 0.05) is 18.2 Å². The van der Waals surface area contributed by atoms with Crippen LogP contribution in [0.5, 0.6) is 0 Å². The molecule has 2 unspecified atom stereocenters. The molecule has 3 heteroatoms. The first-order valence-electron chi connectivity index (χ1n) is 7.91. The van der Waals surface area contributed by atoms with E-state index in [1.807, 2.05) is 12.1 Å². The average molecular weight is 278 g/mol. The lowest BCUT2D eigenvalue weighted by Crippen LogP contribution is -2.44. The maximum absolute atomic E-state index is 14.2. The van der Waals surface area contributed by atoms with Crippen LogP contribution in [0.25, 0.3) is 0 Å². The van der Waals surface area contributed by atoms with Gasteiger partial charge in [-0.15, -0.1) is 0 Å². The third-order valence-electron chi connectivity index (χ3n) is 4.62. The highest BCUT2D eigenvalue weighted by atomic mass is 19.1. The smallest absolute Gasteiger partial charge is 0.128 e. The fraction of sp³-hybridized carbons (Fsp3) is 0.647. The molecule has 1 aromatic rings. The van der Waals surface area contributed by atoms with Crippen LogP contribution in [0.4, 0.5) is 4.39 Å². The molecule has 2 rings (SSSR count). The Labute approximate surface area is 122 Å². The molecule has 20 heavy (non-hydrogen) atoms. The monoisotopic (exact) mass is 278 g/mol. The third kappa shape index (κ3) is 3.39. The number of rotatable bonds is 7. The molecule has 2 nitrogen and oxygen atoms in total. The third-order valence-corrected chi connectivity index (χ3v) is 4.62. The van der Waals surface area contributed by atoms with E-state index < -0.39 is 0 Å². The Morgan fingerprint density at radius 1 is 1.30 bits per heavy atom. The fourth-order valence-corrected chi connectivity index (χ4v) is 3.08. The van der Waals surface area contributed by atoms with E-state index in [0.717, 1.165) is 31.0 Å². The molecule has 1 saturated carbocycles. The SMILES string of the molecule is CCC(N)C(c1ccccc1F)N(CC)CC1CCC1. The standard InChI is InChI=1S/C17H27FN2/c1-3-16(19)17(14-10-5-6-11-15(14)18)20(4-2)12-13-8-7-9-13/h5-6,10-11,13,16-17H,3-4,7-9,12,19H2,1-2H3. The number of nitrogens with zero attached hydrogens (tertiary/aromatic N) is 1. The van der Waals surface area contributed by atoms with Crippen molar-refractivity contribution in [3.63, 3.8) is 0 Å². The molecular weight excluding hydrogens is 251 g/mol. The highest BCUT2D eigenvalue weighted by Gasteiger charge is 2.30. The first-order valence-corrected chi connectivity index (χ1v) is 7.91. The van der Waals surface area contributed by atoms with E-state index in [9.17, 15) is 4.39 Å². The molecule has 1 fully saturated rings. The quantitative estimate of drug-likeness (QED) is 0.823. The highest BCUT2D eigenvalue weighted by molar-refractivity contribution is 5.23. The minimum atomic E-state index is -0.131. The minimum Gasteiger partial charge on any atom is -0.326 e. The zero-order valence-electron chi connectivity index (χ0n) is 12.7. The van der Waals surface area contributed by atoms with E-state index in [4.69, 9.17) is 5.73 Å². The van der Waals surface area contributed by atoms with Gasteiger partial charge in [0.25, 0.3) is 0 Å². The van der Waals surface area contributed by atoms with Crippen molar-refractivity contribution in [1.29, 1.82) is 0 Å². The Morgan fingerprint density at radius 2 is 2.00 bits per heavy atom. The molecular formula is C17H27FN2. The molecule has 2 atom stereocenters. The maximum atomic E-state index is 14.2. The number of hydrogen-bond donors (Lipinski definition) is 1. The van der Waals surface area contributed by atoms with Crippen LogP contribution in [0.15, 0.2) is 24.3 Å². The first kappa shape index (κ1) is 15.5. The van der Waals surface area contributed by atoms with Crippen LogP contribution < -0.4 is 5.73 Å². The predicted octanol–water partition coefficient (Wildman–Crippen LogP) is 3.73. The van der Waals surface area contributed by atoms with Crippen molar-refractivity contribution in [2.75, 3.05) is 13.1 Å². The Kier molecular flexibility index (Phi) is 5.55. The highest BCUT2D eigenvalue weighted by Crippen LogP contribution is 2.32. The molecule has 1 aliphatic rings. The van der Waals surface area contributed by atoms with E-state index >= 15 is 0 Å². The topological polar surface area (TPSA) is 29.3 Å². The van der Waals surface area contributed by atoms with E-state index in [1.165, 1.54) is 19.3 Å². The lowest BCUT2D eigenvalue weighted by molar-refractivity contribution is 0.119. The molecule has 0 bridgehead atoms. The molecule has 1 aliphatic carbocycles. The lowest BCUT2D eigenvalue weighted by atomic mass is 9.84. The van der Waals surface area contributed by atoms with Gasteiger partial charge in [0.05, 0.1) is 6.04 Å². The van der Waals surface area contributed by atoms with Gasteiger partial charge in [0.15, 0.2) is 0 Å². The Bertz CT molecular complexity index is 417. The van der Waals surface area contributed by atoms with Crippen molar-refractivity contribution in [1.82, 2.24) is 4.90 Å². The summed E-state index contributed by atoms with van der Waals surface area (Å²) in [5, 5.41) is 0. The number of nitrogens with two attached hydrogens (primary N) is 1. The van der Waals surface area contributed by atoms with Crippen molar-refractivity contribution in [2.45, 2.75) is 51.6 Å². The normalized spacial score (nSPS) is 18.9. The molecule has 0 aliphatic heterocycles. The summed E-state index contributed by atoms with van der Waals surface area (Å²) < 4.78 is 14.2. The number of benzene rings is 1. The summed E-state index contributed by atoms with van der Waals surface area (Å²) in [7, 11) is 0. The van der Waals surface area contributed by atoms with Crippen molar-refractivity contribution in [3.8, 4) is 0 Å². The molecule has 0 amide bonds. The van der Waals surface area contributed by atoms with E-state index in [1.54, 1.807) is 12.1 Å². The molecule has 1 aromatic carbocycles. The van der Waals surface area contributed by atoms with Gasteiger partial charge >= 0.3 is 0 Å². The minimum absolute atomic E-state index is 0.00759. The van der Waals surface area contributed by atoms with Crippen molar-refractivity contribution < 1.29 is 4.39 Å². The van der Waals surface area contributed by atoms with E-state index in [2.05, 4.69) is 18.7 Å². The Balaban J connectivity index is 2.23. The summed E-state index contributed by atoms with van der Waals surface area (Å²) in [5.74, 6) is 0.640. The maximum Gasteiger partial charge on any atom is 0.128 e. The van der Waals surface area contributed by atoms with Crippen LogP contribution in [0.1, 0.15) is 51.1 Å². The van der Waals surface area contributed by atoms with Crippen molar-refractivity contribution in [2.24, 2.45) is 11.7 Å². The van der Waals surface area contributed by atoms with Crippen LogP contribution in [-0.2, 0) is 0 Å². The zero-order valence-corrected chi connectivity index (χ0v) is 12.7. The molecule has 0 heterocycles. The summed E-state index contributed by atoms with van der Waals surface area (Å²) >= 11 is 0. The number of halogens is 1. The number of hydrogen-bond acceptors (Lipinski definition) is 2. The van der Waals surface area contributed by atoms with Crippen LogP contribution in [0.2, 0.25) is 0 Å². The lowest BCUT2D eigenvalue weighted by Gasteiger charge is -2.39. The predicted molar refractivity (Wildman–Crippen MR) is 82.0 cm³/mol. The van der Waals surface area contributed by atoms with Gasteiger partial charge in [-0.25, -0.2) is 4.39 Å². The van der Waals surface area contributed by atoms with Gasteiger partial charge in [-0.1, -0.05) is 38.5 Å². The van der Waals surface area contributed by atoms with Crippen LogP contribution in [0, 0.1) is 11.7 Å². The van der Waals surface area contributed by atoms with Crippen molar-refractivity contribution >= 4 is 0 Å². The van der Waals surface area contributed by atoms with Gasteiger partial charge in [-0.2, -0.15) is 0 Å². The van der Waals surface area contributed by atoms with E-state index in [0.29, 0.717) is 0 Å². The summed E-state index contributed by atoms with van der Waals surface area (Å²) in [6.45, 7) is 6.19. The molecule has 0 radical (unpaired) electrons. The van der Waals surface area contributed by atoms with Crippen LogP contribution >= 0.6 is 0 Å². The first-order chi connectivity index (χ1) is 9.67. The molecule has 112 valence electrons. The van der Waals surface area contributed by atoms with Crippen LogP contribution in [-0.4, -0.2) is 24.0 Å². The second-order valence-electron chi connectivity index (χ2n) is 5.92. The van der Waals surface area contributed by atoms with E-state index in [-0.39, 0.29) is 17.9 Å². The number of likely N-dealkylation sites (N-methyl/N-ethyl adjacent to an activating group) is 1. The second-order valence-corrected chi connectivity index (χ2v) is 5.92. The van der Waals surface area contributed by atoms with Crippen LogP contribution in [0.3, 0.4) is 0 Å². The summed E-state index contributed by atoms with van der Waals surface area (Å²) in [4.78, 5) is 2.37. The summed E-state index contributed by atoms with van der Waals surface area (Å²) in [6.07, 6.45) is 4.82. The largest absolute Gasteiger partial charge is 0.326 e. The average Bonchev–Trinajstić information content (AvgIpc) is 2.42. The summed E-state index contributed by atoms with van der Waals surface area (Å²) in [5.41, 5.74) is 7.07. The van der Waals surface area contributed by atoms with Crippen molar-refractivity contribution in [3.05, 3.63) is 35.6 Å². The molecule has 2 N–H and O–H groups in total. The van der Waals surface area contributed by atoms with Gasteiger partial charge in [-0.3, -0.25) is 4.90 Å². The molecule has 0 saturated heterocycles. The van der Waals surface area contributed by atoms with Gasteiger partial charge in [-0.05, 0) is 37.8 Å². The Hall–Kier alpha value is -0.930. The molecule has 0 aromatic heterocycles. The summed E-state index contributed by atoms with van der Waals surface area (Å²) in [6, 6.07) is 7.06. The van der Waals surface area contributed by atoms with Gasteiger partial charge in [0.1, 0.15) is 5.82 Å².